The van der Waals surface area contributed by atoms with E-state index in [4.69, 9.17) is 9.47 Å². The predicted molar refractivity (Wildman–Crippen MR) is 88.6 cm³/mol. The van der Waals surface area contributed by atoms with Crippen LogP contribution in [0.15, 0.2) is 30.5 Å². The summed E-state index contributed by atoms with van der Waals surface area (Å²) in [7, 11) is 1.83. The van der Waals surface area contributed by atoms with E-state index in [0.29, 0.717) is 36.0 Å². The summed E-state index contributed by atoms with van der Waals surface area (Å²) in [5.74, 6) is 1.09. The van der Waals surface area contributed by atoms with Gasteiger partial charge < -0.3 is 14.8 Å². The maximum absolute atomic E-state index is 12.5. The van der Waals surface area contributed by atoms with Crippen LogP contribution in [0.3, 0.4) is 0 Å². The van der Waals surface area contributed by atoms with Crippen LogP contribution in [0, 0.1) is 6.92 Å². The molecule has 1 aromatic carbocycles. The van der Waals surface area contributed by atoms with Gasteiger partial charge in [-0.1, -0.05) is 0 Å². The Bertz CT molecular complexity index is 948. The van der Waals surface area contributed by atoms with Crippen molar-refractivity contribution in [1.29, 1.82) is 0 Å². The Labute approximate surface area is 138 Å². The van der Waals surface area contributed by atoms with Crippen LogP contribution in [0.1, 0.15) is 16.1 Å². The predicted octanol–water partition coefficient (Wildman–Crippen LogP) is 2.30. The van der Waals surface area contributed by atoms with Crippen LogP contribution in [-0.2, 0) is 7.05 Å². The number of carbonyl (C=O) groups excluding carboxylic acids is 1. The Balaban J connectivity index is 1.61. The van der Waals surface area contributed by atoms with Gasteiger partial charge in [0.1, 0.15) is 13.2 Å². The van der Waals surface area contributed by atoms with Crippen molar-refractivity contribution in [1.82, 2.24) is 14.8 Å². The van der Waals surface area contributed by atoms with Crippen molar-refractivity contribution in [3.63, 3.8) is 0 Å². The van der Waals surface area contributed by atoms with Crippen molar-refractivity contribution < 1.29 is 14.3 Å². The van der Waals surface area contributed by atoms with Gasteiger partial charge in [0.2, 0.25) is 0 Å². The Morgan fingerprint density at radius 1 is 1.21 bits per heavy atom. The third-order valence-electron chi connectivity index (χ3n) is 3.93. The fraction of sp³-hybridized carbons (Fsp3) is 0.235. The molecule has 0 spiro atoms. The minimum atomic E-state index is -0.232. The summed E-state index contributed by atoms with van der Waals surface area (Å²) in [5.41, 5.74) is 2.72. The highest BCUT2D eigenvalue weighted by molar-refractivity contribution is 6.05. The Kier molecular flexibility index (Phi) is 3.34. The SMILES string of the molecule is Cc1nn(C)c2ncc(C(=O)Nc3ccc4c(c3)OCCO4)cc12. The van der Waals surface area contributed by atoms with Gasteiger partial charge in [-0.05, 0) is 25.1 Å². The number of pyridine rings is 1. The summed E-state index contributed by atoms with van der Waals surface area (Å²) >= 11 is 0. The third-order valence-corrected chi connectivity index (χ3v) is 3.93. The molecule has 0 saturated carbocycles. The van der Waals surface area contributed by atoms with Gasteiger partial charge >= 0.3 is 0 Å². The van der Waals surface area contributed by atoms with E-state index in [1.54, 1.807) is 35.1 Å². The van der Waals surface area contributed by atoms with Crippen molar-refractivity contribution in [2.24, 2.45) is 7.05 Å². The molecule has 4 rings (SSSR count). The van der Waals surface area contributed by atoms with E-state index in [9.17, 15) is 4.79 Å². The number of hydrogen-bond acceptors (Lipinski definition) is 5. The first-order chi connectivity index (χ1) is 11.6. The summed E-state index contributed by atoms with van der Waals surface area (Å²) in [6.07, 6.45) is 1.55. The summed E-state index contributed by atoms with van der Waals surface area (Å²) < 4.78 is 12.7. The highest BCUT2D eigenvalue weighted by atomic mass is 16.6. The minimum absolute atomic E-state index is 0.232. The molecule has 1 N–H and O–H groups in total. The van der Waals surface area contributed by atoms with Crippen LogP contribution in [0.4, 0.5) is 5.69 Å². The quantitative estimate of drug-likeness (QED) is 0.782. The van der Waals surface area contributed by atoms with E-state index in [1.807, 2.05) is 14.0 Å². The van der Waals surface area contributed by atoms with Crippen LogP contribution in [0.25, 0.3) is 11.0 Å². The van der Waals surface area contributed by atoms with Crippen molar-refractivity contribution in [2.75, 3.05) is 18.5 Å². The van der Waals surface area contributed by atoms with E-state index >= 15 is 0 Å². The minimum Gasteiger partial charge on any atom is -0.486 e. The van der Waals surface area contributed by atoms with Gasteiger partial charge in [-0.3, -0.25) is 9.48 Å². The van der Waals surface area contributed by atoms with Crippen LogP contribution in [-0.4, -0.2) is 33.9 Å². The Morgan fingerprint density at radius 2 is 2.00 bits per heavy atom. The zero-order valence-electron chi connectivity index (χ0n) is 13.4. The topological polar surface area (TPSA) is 78.3 Å². The Hall–Kier alpha value is -3.09. The number of nitrogens with one attached hydrogen (secondary N) is 1. The second kappa shape index (κ2) is 5.52. The standard InChI is InChI=1S/C17H16N4O3/c1-10-13-7-11(9-18-16(13)21(2)20-10)17(22)19-12-3-4-14-15(8-12)24-6-5-23-14/h3-4,7-9H,5-6H2,1-2H3,(H,19,22). The Morgan fingerprint density at radius 3 is 2.83 bits per heavy atom. The van der Waals surface area contributed by atoms with Crippen LogP contribution in [0.5, 0.6) is 11.5 Å². The zero-order valence-corrected chi connectivity index (χ0v) is 13.4. The highest BCUT2D eigenvalue weighted by Gasteiger charge is 2.15. The van der Waals surface area contributed by atoms with Crippen molar-refractivity contribution in [2.45, 2.75) is 6.92 Å². The summed E-state index contributed by atoms with van der Waals surface area (Å²) in [6, 6.07) is 7.13. The second-order valence-corrected chi connectivity index (χ2v) is 5.62. The van der Waals surface area contributed by atoms with Gasteiger partial charge in [0.25, 0.3) is 5.91 Å². The smallest absolute Gasteiger partial charge is 0.257 e. The van der Waals surface area contributed by atoms with Crippen molar-refractivity contribution in [3.8, 4) is 11.5 Å². The molecular formula is C17H16N4O3. The number of benzene rings is 1. The number of aryl methyl sites for hydroxylation is 2. The molecule has 0 bridgehead atoms. The molecule has 0 saturated heterocycles. The average molecular weight is 324 g/mol. The van der Waals surface area contributed by atoms with Crippen molar-refractivity contribution >= 4 is 22.6 Å². The molecule has 3 heterocycles. The molecule has 122 valence electrons. The third kappa shape index (κ3) is 2.44. The summed E-state index contributed by atoms with van der Waals surface area (Å²) in [5, 5.41) is 8.04. The number of hydrogen-bond donors (Lipinski definition) is 1. The molecule has 0 aliphatic carbocycles. The monoisotopic (exact) mass is 324 g/mol. The van der Waals surface area contributed by atoms with E-state index in [0.717, 1.165) is 16.7 Å². The van der Waals surface area contributed by atoms with E-state index in [-0.39, 0.29) is 5.91 Å². The van der Waals surface area contributed by atoms with Gasteiger partial charge in [-0.15, -0.1) is 0 Å². The first-order valence-electron chi connectivity index (χ1n) is 7.62. The van der Waals surface area contributed by atoms with Gasteiger partial charge in [-0.25, -0.2) is 4.98 Å². The number of fused-ring (bicyclic) bond motifs is 2. The molecule has 0 radical (unpaired) electrons. The van der Waals surface area contributed by atoms with Gasteiger partial charge in [-0.2, -0.15) is 5.10 Å². The number of nitrogens with zero attached hydrogens (tertiary/aromatic N) is 3. The molecule has 0 unspecified atom stereocenters. The fourth-order valence-electron chi connectivity index (χ4n) is 2.76. The van der Waals surface area contributed by atoms with Gasteiger partial charge in [0.15, 0.2) is 17.1 Å². The maximum Gasteiger partial charge on any atom is 0.257 e. The molecular weight excluding hydrogens is 308 g/mol. The number of aromatic nitrogens is 3. The lowest BCUT2D eigenvalue weighted by molar-refractivity contribution is 0.102. The largest absolute Gasteiger partial charge is 0.486 e. The van der Waals surface area contributed by atoms with Gasteiger partial charge in [0.05, 0.1) is 11.3 Å². The summed E-state index contributed by atoms with van der Waals surface area (Å²) in [4.78, 5) is 16.8. The fourth-order valence-corrected chi connectivity index (χ4v) is 2.76. The first-order valence-corrected chi connectivity index (χ1v) is 7.62. The number of anilines is 1. The van der Waals surface area contributed by atoms with Crippen LogP contribution < -0.4 is 14.8 Å². The van der Waals surface area contributed by atoms with Crippen LogP contribution in [0.2, 0.25) is 0 Å². The number of rotatable bonds is 2. The lowest BCUT2D eigenvalue weighted by atomic mass is 10.2. The molecule has 2 aromatic heterocycles. The van der Waals surface area contributed by atoms with Gasteiger partial charge in [0, 0.05) is 30.4 Å². The second-order valence-electron chi connectivity index (χ2n) is 5.62. The lowest BCUT2D eigenvalue weighted by Crippen LogP contribution is -2.16. The molecule has 0 atom stereocenters. The molecule has 7 heteroatoms. The first kappa shape index (κ1) is 14.5. The van der Waals surface area contributed by atoms with Crippen LogP contribution >= 0.6 is 0 Å². The number of ether oxygens (including phenoxy) is 2. The molecule has 7 nitrogen and oxygen atoms in total. The van der Waals surface area contributed by atoms with E-state index in [2.05, 4.69) is 15.4 Å². The molecule has 3 aromatic rings. The number of carbonyl (C=O) groups is 1. The normalized spacial score (nSPS) is 13.1. The zero-order chi connectivity index (χ0) is 16.7. The molecule has 1 amide bonds. The lowest BCUT2D eigenvalue weighted by Gasteiger charge is -2.19. The number of amides is 1. The molecule has 24 heavy (non-hydrogen) atoms. The summed E-state index contributed by atoms with van der Waals surface area (Å²) in [6.45, 7) is 2.94. The van der Waals surface area contributed by atoms with E-state index in [1.165, 1.54) is 0 Å². The average Bonchev–Trinajstić information content (AvgIpc) is 2.88. The van der Waals surface area contributed by atoms with Crippen molar-refractivity contribution in [3.05, 3.63) is 41.7 Å². The molecule has 1 aliphatic rings. The van der Waals surface area contributed by atoms with E-state index < -0.39 is 0 Å². The molecule has 0 fully saturated rings. The highest BCUT2D eigenvalue weighted by Crippen LogP contribution is 2.32. The maximum atomic E-state index is 12.5. The molecule has 1 aliphatic heterocycles.